The highest BCUT2D eigenvalue weighted by atomic mass is 35.5. The van der Waals surface area contributed by atoms with Crippen molar-refractivity contribution in [2.24, 2.45) is 0 Å². The summed E-state index contributed by atoms with van der Waals surface area (Å²) in [7, 11) is 4.81. The van der Waals surface area contributed by atoms with Crippen LogP contribution in [-0.2, 0) is 11.2 Å². The van der Waals surface area contributed by atoms with Crippen molar-refractivity contribution in [1.82, 2.24) is 14.8 Å². The van der Waals surface area contributed by atoms with E-state index in [9.17, 15) is 4.79 Å². The lowest BCUT2D eigenvalue weighted by atomic mass is 9.95. The molecule has 0 radical (unpaired) electrons. The molecule has 36 heavy (non-hydrogen) atoms. The van der Waals surface area contributed by atoms with E-state index in [1.165, 1.54) is 31.0 Å². The van der Waals surface area contributed by atoms with Crippen molar-refractivity contribution in [2.75, 3.05) is 32.4 Å². The van der Waals surface area contributed by atoms with Gasteiger partial charge < -0.3 is 24.1 Å². The summed E-state index contributed by atoms with van der Waals surface area (Å²) in [5, 5.41) is 13.1. The third-order valence-electron chi connectivity index (χ3n) is 6.25. The molecule has 3 aromatic rings. The molecule has 0 unspecified atom stereocenters. The van der Waals surface area contributed by atoms with Gasteiger partial charge >= 0.3 is 0 Å². The van der Waals surface area contributed by atoms with Crippen LogP contribution in [0.2, 0.25) is 5.02 Å². The van der Waals surface area contributed by atoms with Crippen molar-refractivity contribution in [3.05, 3.63) is 52.8 Å². The molecule has 1 saturated carbocycles. The number of halogens is 1. The maximum absolute atomic E-state index is 12.7. The van der Waals surface area contributed by atoms with E-state index in [4.69, 9.17) is 25.8 Å². The molecule has 0 bridgehead atoms. The Morgan fingerprint density at radius 3 is 2.42 bits per heavy atom. The lowest BCUT2D eigenvalue weighted by Crippen LogP contribution is -2.18. The Labute approximate surface area is 220 Å². The number of nitrogens with one attached hydrogen (secondary N) is 1. The fourth-order valence-electron chi connectivity index (χ4n) is 4.48. The first-order valence-corrected chi connectivity index (χ1v) is 13.3. The van der Waals surface area contributed by atoms with E-state index >= 15 is 0 Å². The van der Waals surface area contributed by atoms with Gasteiger partial charge in [-0.15, -0.1) is 10.2 Å². The molecule has 1 aromatic heterocycles. The van der Waals surface area contributed by atoms with Gasteiger partial charge in [0.25, 0.3) is 0 Å². The van der Waals surface area contributed by atoms with Crippen LogP contribution in [0.5, 0.6) is 17.2 Å². The average Bonchev–Trinajstić information content (AvgIpc) is 3.30. The first-order valence-electron chi connectivity index (χ1n) is 11.9. The molecule has 0 atom stereocenters. The summed E-state index contributed by atoms with van der Waals surface area (Å²) >= 11 is 7.58. The molecule has 8 nitrogen and oxygen atoms in total. The van der Waals surface area contributed by atoms with Gasteiger partial charge in [-0.2, -0.15) is 0 Å². The molecule has 1 aliphatic rings. The highest BCUT2D eigenvalue weighted by Gasteiger charge is 2.24. The number of benzene rings is 2. The van der Waals surface area contributed by atoms with E-state index in [1.807, 2.05) is 18.2 Å². The predicted molar refractivity (Wildman–Crippen MR) is 142 cm³/mol. The molecule has 192 valence electrons. The third kappa shape index (κ3) is 6.25. The minimum atomic E-state index is -0.138. The summed E-state index contributed by atoms with van der Waals surface area (Å²) in [6, 6.07) is 11.4. The Kier molecular flexibility index (Phi) is 8.98. The van der Waals surface area contributed by atoms with Crippen LogP contribution in [-0.4, -0.2) is 47.8 Å². The van der Waals surface area contributed by atoms with Crippen molar-refractivity contribution in [3.63, 3.8) is 0 Å². The van der Waals surface area contributed by atoms with Crippen LogP contribution < -0.4 is 19.5 Å². The normalized spacial score (nSPS) is 13.9. The second kappa shape index (κ2) is 12.4. The Hall–Kier alpha value is -2.91. The first-order chi connectivity index (χ1) is 17.5. The lowest BCUT2D eigenvalue weighted by molar-refractivity contribution is -0.113. The molecule has 10 heteroatoms. The van der Waals surface area contributed by atoms with Gasteiger partial charge in [0.15, 0.2) is 16.7 Å². The van der Waals surface area contributed by atoms with Crippen molar-refractivity contribution in [3.8, 4) is 17.2 Å². The fraction of sp³-hybridized carbons (Fsp3) is 0.423. The zero-order chi connectivity index (χ0) is 25.5. The molecule has 1 heterocycles. The average molecular weight is 531 g/mol. The van der Waals surface area contributed by atoms with Gasteiger partial charge in [0, 0.05) is 18.2 Å². The number of hydrogen-bond acceptors (Lipinski definition) is 7. The highest BCUT2D eigenvalue weighted by molar-refractivity contribution is 7.99. The quantitative estimate of drug-likeness (QED) is 0.332. The number of carbonyl (C=O) groups excluding carboxylic acids is 1. The summed E-state index contributed by atoms with van der Waals surface area (Å²) in [4.78, 5) is 12.7. The third-order valence-corrected chi connectivity index (χ3v) is 7.49. The number of ether oxygens (including phenoxy) is 3. The van der Waals surface area contributed by atoms with Crippen molar-refractivity contribution < 1.29 is 19.0 Å². The number of thioether (sulfide) groups is 1. The number of rotatable bonds is 10. The number of methoxy groups -OCH3 is 3. The van der Waals surface area contributed by atoms with Crippen molar-refractivity contribution in [1.29, 1.82) is 0 Å². The van der Waals surface area contributed by atoms with E-state index in [-0.39, 0.29) is 11.7 Å². The lowest BCUT2D eigenvalue weighted by Gasteiger charge is -2.25. The van der Waals surface area contributed by atoms with Gasteiger partial charge in [0.05, 0.1) is 32.1 Å². The number of nitrogens with zero attached hydrogens (tertiary/aromatic N) is 3. The molecule has 1 fully saturated rings. The minimum Gasteiger partial charge on any atom is -0.495 e. The van der Waals surface area contributed by atoms with Crippen molar-refractivity contribution in [2.45, 2.75) is 49.7 Å². The molecule has 0 spiro atoms. The SMILES string of the molecule is COc1ccc(NC(=O)CSc2nnc(Cc3ccc(OC)c(OC)c3)n2C2CCCCC2)cc1Cl. The molecule has 0 aliphatic heterocycles. The Morgan fingerprint density at radius 2 is 1.72 bits per heavy atom. The molecular formula is C26H31ClN4O4S. The summed E-state index contributed by atoms with van der Waals surface area (Å²) in [5.74, 6) is 2.90. The smallest absolute Gasteiger partial charge is 0.234 e. The number of carbonyl (C=O) groups is 1. The summed E-state index contributed by atoms with van der Waals surface area (Å²) < 4.78 is 18.2. The standard InChI is InChI=1S/C26H31ClN4O4S/c1-33-21-12-10-18(15-20(21)27)28-25(32)16-36-26-30-29-24(31(26)19-7-5-4-6-8-19)14-17-9-11-22(34-2)23(13-17)35-3/h9-13,15,19H,4-8,14,16H2,1-3H3,(H,28,32). The molecule has 2 aromatic carbocycles. The summed E-state index contributed by atoms with van der Waals surface area (Å²) in [6.45, 7) is 0. The molecule has 0 saturated heterocycles. The monoisotopic (exact) mass is 530 g/mol. The van der Waals surface area contributed by atoms with Crippen LogP contribution >= 0.6 is 23.4 Å². The van der Waals surface area contributed by atoms with Gasteiger partial charge in [-0.05, 0) is 48.7 Å². The Bertz CT molecular complexity index is 1200. The van der Waals surface area contributed by atoms with Crippen LogP contribution in [0.3, 0.4) is 0 Å². The predicted octanol–water partition coefficient (Wildman–Crippen LogP) is 5.78. The second-order valence-corrected chi connectivity index (χ2v) is 9.96. The first kappa shape index (κ1) is 26.2. The number of hydrogen-bond donors (Lipinski definition) is 1. The minimum absolute atomic E-state index is 0.138. The van der Waals surface area contributed by atoms with E-state index in [2.05, 4.69) is 20.1 Å². The van der Waals surface area contributed by atoms with Crippen LogP contribution in [0.15, 0.2) is 41.6 Å². The van der Waals surface area contributed by atoms with E-state index < -0.39 is 0 Å². The molecule has 4 rings (SSSR count). The molecule has 1 N–H and O–H groups in total. The van der Waals surface area contributed by atoms with Gasteiger partial charge in [0.2, 0.25) is 5.91 Å². The maximum atomic E-state index is 12.7. The van der Waals surface area contributed by atoms with Crippen LogP contribution in [0.4, 0.5) is 5.69 Å². The Balaban J connectivity index is 1.50. The molecule has 1 amide bonds. The van der Waals surface area contributed by atoms with Gasteiger partial charge in [-0.1, -0.05) is 48.7 Å². The van der Waals surface area contributed by atoms with E-state index in [1.54, 1.807) is 39.5 Å². The van der Waals surface area contributed by atoms with Crippen LogP contribution in [0.1, 0.15) is 49.5 Å². The summed E-state index contributed by atoms with van der Waals surface area (Å²) in [6.07, 6.45) is 6.39. The number of amides is 1. The molecule has 1 aliphatic carbocycles. The van der Waals surface area contributed by atoms with Gasteiger partial charge in [0.1, 0.15) is 11.6 Å². The maximum Gasteiger partial charge on any atom is 0.234 e. The van der Waals surface area contributed by atoms with E-state index in [0.29, 0.717) is 40.4 Å². The largest absolute Gasteiger partial charge is 0.495 e. The summed E-state index contributed by atoms with van der Waals surface area (Å²) in [5.41, 5.74) is 1.68. The van der Waals surface area contributed by atoms with Gasteiger partial charge in [-0.3, -0.25) is 4.79 Å². The second-order valence-electron chi connectivity index (χ2n) is 8.61. The van der Waals surface area contributed by atoms with E-state index in [0.717, 1.165) is 29.4 Å². The Morgan fingerprint density at radius 1 is 1.00 bits per heavy atom. The number of anilines is 1. The van der Waals surface area contributed by atoms with Crippen molar-refractivity contribution >= 4 is 35.0 Å². The fourth-order valence-corrected chi connectivity index (χ4v) is 5.56. The van der Waals surface area contributed by atoms with Crippen LogP contribution in [0.25, 0.3) is 0 Å². The van der Waals surface area contributed by atoms with Crippen LogP contribution in [0, 0.1) is 0 Å². The van der Waals surface area contributed by atoms with Gasteiger partial charge in [-0.25, -0.2) is 0 Å². The highest BCUT2D eigenvalue weighted by Crippen LogP contribution is 2.34. The number of aromatic nitrogens is 3. The zero-order valence-corrected chi connectivity index (χ0v) is 22.3. The topological polar surface area (TPSA) is 87.5 Å². The zero-order valence-electron chi connectivity index (χ0n) is 20.8. The molecular weight excluding hydrogens is 500 g/mol.